The largest absolute Gasteiger partial charge is 0.496 e. The van der Waals surface area contributed by atoms with Crippen LogP contribution in [-0.4, -0.2) is 7.11 Å². The van der Waals surface area contributed by atoms with Gasteiger partial charge in [-0.2, -0.15) is 0 Å². The molecule has 68 valence electrons. The molecule has 1 heterocycles. The summed E-state index contributed by atoms with van der Waals surface area (Å²) in [5.74, 6) is 0.941. The van der Waals surface area contributed by atoms with Gasteiger partial charge in [0.25, 0.3) is 0 Å². The van der Waals surface area contributed by atoms with Crippen molar-refractivity contribution >= 4 is 11.0 Å². The fourth-order valence-electron chi connectivity index (χ4n) is 1.50. The van der Waals surface area contributed by atoms with Crippen LogP contribution in [0, 0.1) is 0 Å². The maximum atomic E-state index is 5.30. The number of hydrogen-bond acceptors (Lipinski definition) is 2. The van der Waals surface area contributed by atoms with E-state index in [1.807, 2.05) is 18.2 Å². The molecular formula is C11H12O2. The average Bonchev–Trinajstić information content (AvgIpc) is 2.62. The first-order chi connectivity index (χ1) is 6.35. The first kappa shape index (κ1) is 8.17. The van der Waals surface area contributed by atoms with Gasteiger partial charge in [0, 0.05) is 5.39 Å². The van der Waals surface area contributed by atoms with Gasteiger partial charge in [-0.25, -0.2) is 0 Å². The molecule has 2 nitrogen and oxygen atoms in total. The lowest BCUT2D eigenvalue weighted by atomic mass is 10.1. The van der Waals surface area contributed by atoms with Crippen LogP contribution in [0.4, 0.5) is 0 Å². The SMILES string of the molecule is CCc1cc2occc2cc1OC. The zero-order chi connectivity index (χ0) is 9.26. The molecule has 0 N–H and O–H groups in total. The van der Waals surface area contributed by atoms with Gasteiger partial charge in [-0.15, -0.1) is 0 Å². The predicted molar refractivity (Wildman–Crippen MR) is 52.1 cm³/mol. The monoisotopic (exact) mass is 176 g/mol. The van der Waals surface area contributed by atoms with Gasteiger partial charge in [0.05, 0.1) is 13.4 Å². The number of fused-ring (bicyclic) bond motifs is 1. The Balaban J connectivity index is 2.67. The number of hydrogen-bond donors (Lipinski definition) is 0. The molecular weight excluding hydrogens is 164 g/mol. The second-order valence-electron chi connectivity index (χ2n) is 2.98. The summed E-state index contributed by atoms with van der Waals surface area (Å²) in [7, 11) is 1.69. The highest BCUT2D eigenvalue weighted by Crippen LogP contribution is 2.26. The summed E-state index contributed by atoms with van der Waals surface area (Å²) < 4.78 is 10.6. The molecule has 0 aliphatic rings. The molecule has 0 unspecified atom stereocenters. The second kappa shape index (κ2) is 3.13. The van der Waals surface area contributed by atoms with Gasteiger partial charge in [0.1, 0.15) is 11.3 Å². The van der Waals surface area contributed by atoms with Crippen LogP contribution >= 0.6 is 0 Å². The minimum atomic E-state index is 0.928. The zero-order valence-electron chi connectivity index (χ0n) is 7.83. The maximum absolute atomic E-state index is 5.30. The number of furan rings is 1. The molecule has 2 aromatic rings. The standard InChI is InChI=1S/C11H12O2/c1-3-8-6-11-9(4-5-13-11)7-10(8)12-2/h4-7H,3H2,1-2H3. The Morgan fingerprint density at radius 3 is 2.92 bits per heavy atom. The molecule has 0 fully saturated rings. The number of rotatable bonds is 2. The van der Waals surface area contributed by atoms with Gasteiger partial charge < -0.3 is 9.15 Å². The van der Waals surface area contributed by atoms with E-state index < -0.39 is 0 Å². The van der Waals surface area contributed by atoms with Crippen LogP contribution in [0.2, 0.25) is 0 Å². The van der Waals surface area contributed by atoms with Gasteiger partial charge in [-0.05, 0) is 30.2 Å². The van der Waals surface area contributed by atoms with Crippen LogP contribution in [0.5, 0.6) is 5.75 Å². The lowest BCUT2D eigenvalue weighted by Gasteiger charge is -2.05. The molecule has 13 heavy (non-hydrogen) atoms. The van der Waals surface area contributed by atoms with E-state index >= 15 is 0 Å². The maximum Gasteiger partial charge on any atom is 0.134 e. The van der Waals surface area contributed by atoms with Crippen molar-refractivity contribution in [3.8, 4) is 5.75 Å². The Bertz CT molecular complexity index is 377. The molecule has 0 spiro atoms. The third-order valence-corrected chi connectivity index (χ3v) is 2.24. The Labute approximate surface area is 77.1 Å². The third kappa shape index (κ3) is 1.28. The van der Waals surface area contributed by atoms with Crippen molar-refractivity contribution in [2.75, 3.05) is 7.11 Å². The quantitative estimate of drug-likeness (QED) is 0.701. The summed E-state index contributed by atoms with van der Waals surface area (Å²) in [4.78, 5) is 0. The van der Waals surface area contributed by atoms with Crippen LogP contribution in [0.25, 0.3) is 11.0 Å². The van der Waals surface area contributed by atoms with Gasteiger partial charge >= 0.3 is 0 Å². The molecule has 2 heteroatoms. The highest BCUT2D eigenvalue weighted by atomic mass is 16.5. The van der Waals surface area contributed by atoms with Gasteiger partial charge in [0.2, 0.25) is 0 Å². The van der Waals surface area contributed by atoms with Gasteiger partial charge in [0.15, 0.2) is 0 Å². The molecule has 0 radical (unpaired) electrons. The van der Waals surface area contributed by atoms with Crippen molar-refractivity contribution in [2.45, 2.75) is 13.3 Å². The lowest BCUT2D eigenvalue weighted by Crippen LogP contribution is -1.89. The number of methoxy groups -OCH3 is 1. The van der Waals surface area contributed by atoms with Gasteiger partial charge in [-0.1, -0.05) is 6.92 Å². The summed E-state index contributed by atoms with van der Waals surface area (Å²) in [6, 6.07) is 5.99. The Morgan fingerprint density at radius 2 is 2.23 bits per heavy atom. The number of aryl methyl sites for hydroxylation is 1. The molecule has 1 aromatic heterocycles. The van der Waals surface area contributed by atoms with E-state index in [1.54, 1.807) is 13.4 Å². The van der Waals surface area contributed by atoms with E-state index in [4.69, 9.17) is 9.15 Å². The van der Waals surface area contributed by atoms with Crippen molar-refractivity contribution in [2.24, 2.45) is 0 Å². The summed E-state index contributed by atoms with van der Waals surface area (Å²) >= 11 is 0. The highest BCUT2D eigenvalue weighted by Gasteiger charge is 2.04. The molecule has 0 bridgehead atoms. The van der Waals surface area contributed by atoms with E-state index in [0.717, 1.165) is 23.1 Å². The minimum absolute atomic E-state index is 0.928. The van der Waals surface area contributed by atoms with Crippen LogP contribution in [0.15, 0.2) is 28.9 Å². The predicted octanol–water partition coefficient (Wildman–Crippen LogP) is 3.00. The molecule has 2 rings (SSSR count). The zero-order valence-corrected chi connectivity index (χ0v) is 7.83. The molecule has 0 atom stereocenters. The van der Waals surface area contributed by atoms with Gasteiger partial charge in [-0.3, -0.25) is 0 Å². The summed E-state index contributed by atoms with van der Waals surface area (Å²) in [5.41, 5.74) is 2.11. The Kier molecular flexibility index (Phi) is 1.97. The van der Waals surface area contributed by atoms with Crippen molar-refractivity contribution in [3.63, 3.8) is 0 Å². The fourth-order valence-corrected chi connectivity index (χ4v) is 1.50. The third-order valence-electron chi connectivity index (χ3n) is 2.24. The normalized spacial score (nSPS) is 10.6. The summed E-state index contributed by atoms with van der Waals surface area (Å²) in [5, 5.41) is 1.09. The second-order valence-corrected chi connectivity index (χ2v) is 2.98. The highest BCUT2D eigenvalue weighted by molar-refractivity contribution is 5.80. The van der Waals surface area contributed by atoms with Crippen LogP contribution < -0.4 is 4.74 Å². The summed E-state index contributed by atoms with van der Waals surface area (Å²) in [6.07, 6.45) is 2.66. The lowest BCUT2D eigenvalue weighted by molar-refractivity contribution is 0.410. The molecule has 0 saturated heterocycles. The molecule has 0 aliphatic carbocycles. The van der Waals surface area contributed by atoms with Crippen molar-refractivity contribution < 1.29 is 9.15 Å². The first-order valence-electron chi connectivity index (χ1n) is 4.39. The number of ether oxygens (including phenoxy) is 1. The smallest absolute Gasteiger partial charge is 0.134 e. The molecule has 0 saturated carbocycles. The van der Waals surface area contributed by atoms with E-state index in [2.05, 4.69) is 6.92 Å². The summed E-state index contributed by atoms with van der Waals surface area (Å²) in [6.45, 7) is 2.10. The van der Waals surface area contributed by atoms with E-state index in [9.17, 15) is 0 Å². The Morgan fingerprint density at radius 1 is 1.38 bits per heavy atom. The van der Waals surface area contributed by atoms with Crippen molar-refractivity contribution in [3.05, 3.63) is 30.0 Å². The fraction of sp³-hybridized carbons (Fsp3) is 0.273. The first-order valence-corrected chi connectivity index (χ1v) is 4.39. The van der Waals surface area contributed by atoms with E-state index in [-0.39, 0.29) is 0 Å². The topological polar surface area (TPSA) is 22.4 Å². The van der Waals surface area contributed by atoms with Crippen LogP contribution in [-0.2, 0) is 6.42 Å². The molecule has 1 aromatic carbocycles. The van der Waals surface area contributed by atoms with Crippen LogP contribution in [0.3, 0.4) is 0 Å². The average molecular weight is 176 g/mol. The molecule has 0 aliphatic heterocycles. The van der Waals surface area contributed by atoms with Crippen molar-refractivity contribution in [1.82, 2.24) is 0 Å². The van der Waals surface area contributed by atoms with Crippen LogP contribution in [0.1, 0.15) is 12.5 Å². The number of benzene rings is 1. The molecule has 0 amide bonds. The van der Waals surface area contributed by atoms with Crippen molar-refractivity contribution in [1.29, 1.82) is 0 Å². The minimum Gasteiger partial charge on any atom is -0.496 e. The van der Waals surface area contributed by atoms with E-state index in [1.165, 1.54) is 5.56 Å². The Hall–Kier alpha value is -1.44. The van der Waals surface area contributed by atoms with E-state index in [0.29, 0.717) is 0 Å².